The number of carbonyl (C=O) groups excluding carboxylic acids is 2. The van der Waals surface area contributed by atoms with Crippen LogP contribution in [0.4, 0.5) is 0 Å². The number of halogens is 1. The minimum atomic E-state index is -0.560. The maximum atomic E-state index is 12.3. The third kappa shape index (κ3) is 4.45. The Labute approximate surface area is 129 Å². The molecule has 0 aromatic rings. The number of methoxy groups -OCH3 is 1. The molecule has 6 heteroatoms. The summed E-state index contributed by atoms with van der Waals surface area (Å²) in [6, 6.07) is -0.557. The molecule has 0 saturated carbocycles. The first-order valence-electron chi connectivity index (χ1n) is 6.89. The summed E-state index contributed by atoms with van der Waals surface area (Å²) in [5.74, 6) is -0.441. The van der Waals surface area contributed by atoms with Crippen LogP contribution >= 0.6 is 15.9 Å². The van der Waals surface area contributed by atoms with Gasteiger partial charge in [-0.3, -0.25) is 4.79 Å². The van der Waals surface area contributed by atoms with Crippen LogP contribution in [-0.2, 0) is 19.1 Å². The van der Waals surface area contributed by atoms with Crippen LogP contribution < -0.4 is 0 Å². The summed E-state index contributed by atoms with van der Waals surface area (Å²) in [7, 11) is 1.59. The van der Waals surface area contributed by atoms with Crippen molar-refractivity contribution in [3.63, 3.8) is 0 Å². The van der Waals surface area contributed by atoms with Gasteiger partial charge in [-0.2, -0.15) is 0 Å². The molecule has 1 fully saturated rings. The highest BCUT2D eigenvalue weighted by Crippen LogP contribution is 2.25. The molecular weight excluding hydrogens is 326 g/mol. The van der Waals surface area contributed by atoms with E-state index < -0.39 is 11.6 Å². The second-order valence-electron chi connectivity index (χ2n) is 6.01. The highest BCUT2D eigenvalue weighted by atomic mass is 79.9. The number of esters is 1. The zero-order chi connectivity index (χ0) is 15.5. The summed E-state index contributed by atoms with van der Waals surface area (Å²) in [5.41, 5.74) is -0.560. The fraction of sp³-hybridized carbons (Fsp3) is 0.857. The molecule has 0 spiro atoms. The Morgan fingerprint density at radius 3 is 2.45 bits per heavy atom. The predicted molar refractivity (Wildman–Crippen MR) is 79.8 cm³/mol. The van der Waals surface area contributed by atoms with E-state index in [2.05, 4.69) is 15.9 Å². The lowest BCUT2D eigenvalue weighted by atomic mass is 10.1. The molecule has 0 aromatic heterocycles. The van der Waals surface area contributed by atoms with E-state index in [1.807, 2.05) is 27.7 Å². The topological polar surface area (TPSA) is 55.8 Å². The fourth-order valence-electron chi connectivity index (χ4n) is 2.16. The van der Waals surface area contributed by atoms with Gasteiger partial charge in [0.1, 0.15) is 11.6 Å². The minimum absolute atomic E-state index is 0.0806. The minimum Gasteiger partial charge on any atom is -0.458 e. The quantitative estimate of drug-likeness (QED) is 0.576. The van der Waals surface area contributed by atoms with Crippen LogP contribution in [0.15, 0.2) is 0 Å². The summed E-state index contributed by atoms with van der Waals surface area (Å²) in [5, 5.41) is 0. The van der Waals surface area contributed by atoms with Gasteiger partial charge in [0.05, 0.1) is 10.9 Å². The third-order valence-corrected chi connectivity index (χ3v) is 4.22. The van der Waals surface area contributed by atoms with Gasteiger partial charge in [-0.15, -0.1) is 0 Å². The Morgan fingerprint density at radius 1 is 1.40 bits per heavy atom. The molecule has 1 aliphatic rings. The maximum Gasteiger partial charge on any atom is 0.329 e. The molecule has 0 radical (unpaired) electrons. The second kappa shape index (κ2) is 6.89. The van der Waals surface area contributed by atoms with Gasteiger partial charge in [0.2, 0.25) is 5.91 Å². The normalized spacial score (nSPS) is 24.6. The van der Waals surface area contributed by atoms with Gasteiger partial charge in [0.15, 0.2) is 0 Å². The molecule has 20 heavy (non-hydrogen) atoms. The average molecular weight is 350 g/mol. The van der Waals surface area contributed by atoms with Gasteiger partial charge in [0.25, 0.3) is 0 Å². The van der Waals surface area contributed by atoms with Crippen LogP contribution in [0.2, 0.25) is 0 Å². The first kappa shape index (κ1) is 17.4. The monoisotopic (exact) mass is 349 g/mol. The molecular formula is C14H24BrNO4. The second-order valence-corrected chi connectivity index (χ2v) is 7.11. The number of likely N-dealkylation sites (tertiary alicyclic amines) is 1. The van der Waals surface area contributed by atoms with Crippen LogP contribution in [0, 0.1) is 0 Å². The van der Waals surface area contributed by atoms with E-state index in [1.165, 1.54) is 0 Å². The van der Waals surface area contributed by atoms with Crippen LogP contribution in [0.1, 0.15) is 40.5 Å². The van der Waals surface area contributed by atoms with E-state index in [0.717, 1.165) is 0 Å². The number of amides is 1. The average Bonchev–Trinajstić information content (AvgIpc) is 2.79. The molecule has 116 valence electrons. The van der Waals surface area contributed by atoms with Gasteiger partial charge in [-0.25, -0.2) is 4.79 Å². The number of rotatable bonds is 4. The van der Waals surface area contributed by atoms with Gasteiger partial charge < -0.3 is 14.4 Å². The largest absolute Gasteiger partial charge is 0.458 e. The molecule has 1 saturated heterocycles. The Hall–Kier alpha value is -0.620. The summed E-state index contributed by atoms with van der Waals surface area (Å²) >= 11 is 3.35. The van der Waals surface area contributed by atoms with Crippen LogP contribution in [0.25, 0.3) is 0 Å². The molecule has 0 aromatic carbocycles. The van der Waals surface area contributed by atoms with Crippen LogP contribution in [0.3, 0.4) is 0 Å². The molecule has 3 atom stereocenters. The standard InChI is InChI=1S/C14H24BrNO4/c1-6-10(15)12(17)16-8-9(19-5)7-11(16)13(18)20-14(2,3)4/h9-11H,6-8H2,1-5H3/t9?,10?,11-/m0/s1. The molecule has 1 aliphatic heterocycles. The molecule has 2 unspecified atom stereocenters. The van der Waals surface area contributed by atoms with E-state index in [4.69, 9.17) is 9.47 Å². The molecule has 1 amide bonds. The van der Waals surface area contributed by atoms with Gasteiger partial charge >= 0.3 is 5.97 Å². The van der Waals surface area contributed by atoms with Crippen molar-refractivity contribution in [3.05, 3.63) is 0 Å². The van der Waals surface area contributed by atoms with Crippen LogP contribution in [-0.4, -0.2) is 53.0 Å². The van der Waals surface area contributed by atoms with E-state index in [0.29, 0.717) is 19.4 Å². The molecule has 1 heterocycles. The van der Waals surface area contributed by atoms with E-state index >= 15 is 0 Å². The number of hydrogen-bond donors (Lipinski definition) is 0. The molecule has 5 nitrogen and oxygen atoms in total. The lowest BCUT2D eigenvalue weighted by Crippen LogP contribution is -2.46. The van der Waals surface area contributed by atoms with Crippen molar-refractivity contribution in [3.8, 4) is 0 Å². The zero-order valence-electron chi connectivity index (χ0n) is 12.8. The zero-order valence-corrected chi connectivity index (χ0v) is 14.4. The molecule has 0 bridgehead atoms. The highest BCUT2D eigenvalue weighted by Gasteiger charge is 2.42. The fourth-order valence-corrected chi connectivity index (χ4v) is 2.42. The first-order valence-corrected chi connectivity index (χ1v) is 7.81. The highest BCUT2D eigenvalue weighted by molar-refractivity contribution is 9.10. The van der Waals surface area contributed by atoms with Crippen molar-refractivity contribution in [2.24, 2.45) is 0 Å². The predicted octanol–water partition coefficient (Wildman–Crippen LogP) is 2.12. The van der Waals surface area contributed by atoms with E-state index in [9.17, 15) is 9.59 Å². The van der Waals surface area contributed by atoms with Gasteiger partial charge in [-0.1, -0.05) is 22.9 Å². The summed E-state index contributed by atoms with van der Waals surface area (Å²) in [6.07, 6.45) is 1.04. The lowest BCUT2D eigenvalue weighted by Gasteiger charge is -2.28. The molecule has 1 rings (SSSR count). The number of alkyl halides is 1. The van der Waals surface area contributed by atoms with Gasteiger partial charge in [0, 0.05) is 20.1 Å². The number of nitrogens with zero attached hydrogens (tertiary/aromatic N) is 1. The Balaban J connectivity index is 2.84. The Kier molecular flexibility index (Phi) is 6.01. The van der Waals surface area contributed by atoms with E-state index in [-0.39, 0.29) is 22.8 Å². The van der Waals surface area contributed by atoms with Crippen molar-refractivity contribution in [1.29, 1.82) is 0 Å². The third-order valence-electron chi connectivity index (χ3n) is 3.18. The van der Waals surface area contributed by atoms with Crippen molar-refractivity contribution < 1.29 is 19.1 Å². The smallest absolute Gasteiger partial charge is 0.329 e. The number of ether oxygens (including phenoxy) is 2. The SMILES string of the molecule is CCC(Br)C(=O)N1CC(OC)C[C@H]1C(=O)OC(C)(C)C. The lowest BCUT2D eigenvalue weighted by molar-refractivity contribution is -0.163. The van der Waals surface area contributed by atoms with Crippen molar-refractivity contribution in [2.45, 2.75) is 63.1 Å². The van der Waals surface area contributed by atoms with Crippen molar-refractivity contribution in [2.75, 3.05) is 13.7 Å². The van der Waals surface area contributed by atoms with Crippen molar-refractivity contribution in [1.82, 2.24) is 4.90 Å². The van der Waals surface area contributed by atoms with Crippen molar-refractivity contribution >= 4 is 27.8 Å². The summed E-state index contributed by atoms with van der Waals surface area (Å²) in [4.78, 5) is 25.9. The summed E-state index contributed by atoms with van der Waals surface area (Å²) in [6.45, 7) is 7.81. The van der Waals surface area contributed by atoms with E-state index in [1.54, 1.807) is 12.0 Å². The van der Waals surface area contributed by atoms with Crippen LogP contribution in [0.5, 0.6) is 0 Å². The van der Waals surface area contributed by atoms with Gasteiger partial charge in [-0.05, 0) is 27.2 Å². The molecule has 0 N–H and O–H groups in total. The Bertz CT molecular complexity index is 367. The molecule has 0 aliphatic carbocycles. The maximum absolute atomic E-state index is 12.3. The number of hydrogen-bond acceptors (Lipinski definition) is 4. The first-order chi connectivity index (χ1) is 9.19. The number of carbonyl (C=O) groups is 2. The Morgan fingerprint density at radius 2 is 2.00 bits per heavy atom. The summed E-state index contributed by atoms with van der Waals surface area (Å²) < 4.78 is 10.7.